The fourth-order valence-electron chi connectivity index (χ4n) is 2.28. The monoisotopic (exact) mass is 371 g/mol. The van der Waals surface area contributed by atoms with Gasteiger partial charge in [0, 0.05) is 5.69 Å². The van der Waals surface area contributed by atoms with E-state index in [1.165, 1.54) is 23.9 Å². The van der Waals surface area contributed by atoms with Crippen molar-refractivity contribution < 1.29 is 24.6 Å². The third-order valence-corrected chi connectivity index (χ3v) is 4.29. The van der Waals surface area contributed by atoms with Gasteiger partial charge in [-0.3, -0.25) is 4.79 Å². The topological polar surface area (TPSA) is 132 Å². The number of hydrogen-bond acceptors (Lipinski definition) is 5. The van der Waals surface area contributed by atoms with E-state index in [2.05, 4.69) is 15.3 Å². The molecule has 0 saturated heterocycles. The van der Waals surface area contributed by atoms with Crippen molar-refractivity contribution in [1.29, 1.82) is 0 Å². The van der Waals surface area contributed by atoms with Crippen LogP contribution in [0.5, 0.6) is 0 Å². The maximum Gasteiger partial charge on any atom is 0.335 e. The van der Waals surface area contributed by atoms with Crippen LogP contribution in [0.15, 0.2) is 47.6 Å². The molecule has 0 aliphatic heterocycles. The Kier molecular flexibility index (Phi) is 4.90. The molecule has 1 amide bonds. The van der Waals surface area contributed by atoms with Crippen LogP contribution in [0, 0.1) is 0 Å². The lowest BCUT2D eigenvalue weighted by Crippen LogP contribution is -2.15. The summed E-state index contributed by atoms with van der Waals surface area (Å²) < 4.78 is 0. The molecular weight excluding hydrogens is 358 g/mol. The molecule has 1 aromatic heterocycles. The van der Waals surface area contributed by atoms with E-state index in [1.807, 2.05) is 24.3 Å². The number of carboxylic acids is 2. The summed E-state index contributed by atoms with van der Waals surface area (Å²) in [7, 11) is 0. The molecule has 0 aliphatic rings. The molecule has 9 heteroatoms. The maximum absolute atomic E-state index is 12.1. The van der Waals surface area contributed by atoms with E-state index in [0.29, 0.717) is 5.16 Å². The number of carbonyl (C=O) groups is 3. The van der Waals surface area contributed by atoms with Crippen LogP contribution in [0.4, 0.5) is 5.69 Å². The minimum atomic E-state index is -1.28. The van der Waals surface area contributed by atoms with E-state index in [1.54, 1.807) is 0 Å². The predicted octanol–water partition coefficient (Wildman–Crippen LogP) is 2.69. The average molecular weight is 371 g/mol. The van der Waals surface area contributed by atoms with E-state index in [0.717, 1.165) is 17.1 Å². The van der Waals surface area contributed by atoms with Crippen LogP contribution in [0.3, 0.4) is 0 Å². The number of para-hydroxylation sites is 2. The molecule has 2 aromatic carbocycles. The molecule has 0 unspecified atom stereocenters. The van der Waals surface area contributed by atoms with Crippen molar-refractivity contribution in [3.63, 3.8) is 0 Å². The summed E-state index contributed by atoms with van der Waals surface area (Å²) >= 11 is 1.18. The molecule has 0 aliphatic carbocycles. The number of hydrogen-bond donors (Lipinski definition) is 4. The van der Waals surface area contributed by atoms with E-state index < -0.39 is 17.8 Å². The first kappa shape index (κ1) is 17.5. The van der Waals surface area contributed by atoms with Gasteiger partial charge in [0.15, 0.2) is 5.16 Å². The Morgan fingerprint density at radius 1 is 1.04 bits per heavy atom. The molecule has 3 rings (SSSR count). The van der Waals surface area contributed by atoms with Crippen LogP contribution in [0.25, 0.3) is 11.0 Å². The van der Waals surface area contributed by atoms with Gasteiger partial charge in [-0.1, -0.05) is 23.9 Å². The lowest BCUT2D eigenvalue weighted by Gasteiger charge is -2.07. The van der Waals surface area contributed by atoms with Crippen LogP contribution < -0.4 is 5.32 Å². The molecule has 8 nitrogen and oxygen atoms in total. The zero-order chi connectivity index (χ0) is 18.7. The van der Waals surface area contributed by atoms with Crippen LogP contribution in [-0.2, 0) is 4.79 Å². The zero-order valence-electron chi connectivity index (χ0n) is 13.2. The van der Waals surface area contributed by atoms with Crippen LogP contribution in [0.2, 0.25) is 0 Å². The minimum Gasteiger partial charge on any atom is -0.478 e. The Labute approximate surface area is 151 Å². The van der Waals surface area contributed by atoms with Gasteiger partial charge in [0.2, 0.25) is 5.91 Å². The number of rotatable bonds is 6. The highest BCUT2D eigenvalue weighted by atomic mass is 32.2. The number of nitrogens with zero attached hydrogens (tertiary/aromatic N) is 1. The fourth-order valence-corrected chi connectivity index (χ4v) is 2.96. The number of imidazole rings is 1. The van der Waals surface area contributed by atoms with Crippen LogP contribution in [-0.4, -0.2) is 43.8 Å². The highest BCUT2D eigenvalue weighted by molar-refractivity contribution is 7.99. The minimum absolute atomic E-state index is 0.0273. The lowest BCUT2D eigenvalue weighted by atomic mass is 10.1. The molecule has 3 aromatic rings. The second-order valence-electron chi connectivity index (χ2n) is 5.31. The summed E-state index contributed by atoms with van der Waals surface area (Å²) in [5, 5.41) is 21.2. The smallest absolute Gasteiger partial charge is 0.335 e. The number of carboxylic acid groups (broad SMARTS) is 2. The van der Waals surface area contributed by atoms with Crippen molar-refractivity contribution >= 4 is 46.3 Å². The number of amides is 1. The van der Waals surface area contributed by atoms with Gasteiger partial charge in [-0.15, -0.1) is 0 Å². The number of aromatic carboxylic acids is 2. The Morgan fingerprint density at radius 2 is 1.69 bits per heavy atom. The van der Waals surface area contributed by atoms with E-state index in [4.69, 9.17) is 10.2 Å². The van der Waals surface area contributed by atoms with Crippen molar-refractivity contribution in [2.45, 2.75) is 5.16 Å². The summed E-state index contributed by atoms with van der Waals surface area (Å²) in [6.07, 6.45) is 0. The molecule has 0 radical (unpaired) electrons. The third-order valence-electron chi connectivity index (χ3n) is 3.42. The summed E-state index contributed by atoms with van der Waals surface area (Å²) in [6.45, 7) is 0. The Balaban J connectivity index is 1.69. The number of anilines is 1. The first-order valence-corrected chi connectivity index (χ1v) is 8.40. The zero-order valence-corrected chi connectivity index (χ0v) is 14.0. The normalized spacial score (nSPS) is 10.6. The van der Waals surface area contributed by atoms with Gasteiger partial charge in [0.25, 0.3) is 0 Å². The van der Waals surface area contributed by atoms with E-state index >= 15 is 0 Å². The van der Waals surface area contributed by atoms with Gasteiger partial charge in [0.1, 0.15) is 0 Å². The van der Waals surface area contributed by atoms with Gasteiger partial charge in [-0.25, -0.2) is 14.6 Å². The lowest BCUT2D eigenvalue weighted by molar-refractivity contribution is -0.113. The highest BCUT2D eigenvalue weighted by Gasteiger charge is 2.13. The largest absolute Gasteiger partial charge is 0.478 e. The van der Waals surface area contributed by atoms with Gasteiger partial charge < -0.3 is 20.5 Å². The molecule has 132 valence electrons. The summed E-state index contributed by atoms with van der Waals surface area (Å²) in [6, 6.07) is 10.9. The molecule has 0 bridgehead atoms. The molecule has 0 saturated carbocycles. The molecule has 0 fully saturated rings. The molecule has 0 spiro atoms. The average Bonchev–Trinajstić information content (AvgIpc) is 3.02. The Morgan fingerprint density at radius 3 is 2.31 bits per heavy atom. The van der Waals surface area contributed by atoms with Gasteiger partial charge in [-0.05, 0) is 30.3 Å². The second-order valence-corrected chi connectivity index (χ2v) is 6.27. The van der Waals surface area contributed by atoms with E-state index in [-0.39, 0.29) is 22.6 Å². The van der Waals surface area contributed by atoms with Crippen molar-refractivity contribution in [2.75, 3.05) is 11.1 Å². The SMILES string of the molecule is O=C(CSc1nc2ccccc2[nH]1)Nc1cc(C(=O)O)cc(C(=O)O)c1. The van der Waals surface area contributed by atoms with Crippen LogP contribution in [0.1, 0.15) is 20.7 Å². The number of aromatic nitrogens is 2. The quantitative estimate of drug-likeness (QED) is 0.490. The van der Waals surface area contributed by atoms with Gasteiger partial charge in [-0.2, -0.15) is 0 Å². The van der Waals surface area contributed by atoms with Gasteiger partial charge >= 0.3 is 11.9 Å². The fraction of sp³-hybridized carbons (Fsp3) is 0.0588. The molecule has 4 N–H and O–H groups in total. The summed E-state index contributed by atoms with van der Waals surface area (Å²) in [4.78, 5) is 41.7. The number of carbonyl (C=O) groups excluding carboxylic acids is 1. The first-order valence-electron chi connectivity index (χ1n) is 7.41. The number of H-pyrrole nitrogens is 1. The Hall–Kier alpha value is -3.33. The highest BCUT2D eigenvalue weighted by Crippen LogP contribution is 2.20. The summed E-state index contributed by atoms with van der Waals surface area (Å²) in [5.74, 6) is -2.94. The number of thioether (sulfide) groups is 1. The number of nitrogens with one attached hydrogen (secondary N) is 2. The number of aromatic amines is 1. The first-order chi connectivity index (χ1) is 12.4. The van der Waals surface area contributed by atoms with E-state index in [9.17, 15) is 14.4 Å². The molecule has 1 heterocycles. The van der Waals surface area contributed by atoms with Crippen molar-refractivity contribution in [1.82, 2.24) is 9.97 Å². The number of fused-ring (bicyclic) bond motifs is 1. The predicted molar refractivity (Wildman–Crippen MR) is 95.8 cm³/mol. The number of benzene rings is 2. The molecular formula is C17H13N3O5S. The molecule has 0 atom stereocenters. The van der Waals surface area contributed by atoms with Crippen molar-refractivity contribution in [3.05, 3.63) is 53.6 Å². The second kappa shape index (κ2) is 7.28. The van der Waals surface area contributed by atoms with Gasteiger partial charge in [0.05, 0.1) is 27.9 Å². The maximum atomic E-state index is 12.1. The standard InChI is InChI=1S/C17H13N3O5S/c21-14(8-26-17-19-12-3-1-2-4-13(12)20-17)18-11-6-9(15(22)23)5-10(7-11)16(24)25/h1-7H,8H2,(H,18,21)(H,19,20)(H,22,23)(H,24,25). The third kappa shape index (κ3) is 4.01. The van der Waals surface area contributed by atoms with Crippen LogP contribution >= 0.6 is 11.8 Å². The Bertz CT molecular complexity index is 949. The van der Waals surface area contributed by atoms with Crippen molar-refractivity contribution in [2.24, 2.45) is 0 Å². The van der Waals surface area contributed by atoms with Crippen molar-refractivity contribution in [3.8, 4) is 0 Å². The molecule has 26 heavy (non-hydrogen) atoms. The summed E-state index contributed by atoms with van der Waals surface area (Å²) in [5.41, 5.74) is 1.32.